The Bertz CT molecular complexity index is 729. The second kappa shape index (κ2) is 28.3. The van der Waals surface area contributed by atoms with E-state index in [1.165, 1.54) is 71.1 Å². The first kappa shape index (κ1) is 40.5. The van der Waals surface area contributed by atoms with Gasteiger partial charge >= 0.3 is 19.8 Å². The van der Waals surface area contributed by atoms with Crippen molar-refractivity contribution in [3.8, 4) is 0 Å². The summed E-state index contributed by atoms with van der Waals surface area (Å²) in [6.45, 7) is 3.65. The van der Waals surface area contributed by atoms with Gasteiger partial charge in [0.1, 0.15) is 6.61 Å². The number of esters is 2. The van der Waals surface area contributed by atoms with E-state index in [0.717, 1.165) is 57.9 Å². The molecule has 0 aliphatic heterocycles. The van der Waals surface area contributed by atoms with Gasteiger partial charge < -0.3 is 24.6 Å². The quantitative estimate of drug-likeness (QED) is 0.0427. The SMILES string of the molecule is CCCCCCCCCCCCC(=O)O[C@@H](COC(=O)CCCCCCCCCCCCNC(C)=O)COP(=O)(O)O. The van der Waals surface area contributed by atoms with Crippen molar-refractivity contribution in [2.75, 3.05) is 19.8 Å². The van der Waals surface area contributed by atoms with Gasteiger partial charge in [0, 0.05) is 26.3 Å². The zero-order valence-corrected chi connectivity index (χ0v) is 27.3. The average molecular weight is 622 g/mol. The summed E-state index contributed by atoms with van der Waals surface area (Å²) in [5, 5.41) is 2.81. The van der Waals surface area contributed by atoms with E-state index in [-0.39, 0.29) is 25.4 Å². The van der Waals surface area contributed by atoms with Crippen LogP contribution < -0.4 is 5.32 Å². The third-order valence-corrected chi connectivity index (χ3v) is 7.56. The fourth-order valence-electron chi connectivity index (χ4n) is 4.63. The molecule has 0 aromatic carbocycles. The monoisotopic (exact) mass is 621 g/mol. The van der Waals surface area contributed by atoms with Gasteiger partial charge in [0.15, 0.2) is 6.10 Å². The first-order valence-electron chi connectivity index (χ1n) is 16.4. The van der Waals surface area contributed by atoms with E-state index in [0.29, 0.717) is 12.8 Å². The molecule has 0 radical (unpaired) electrons. The van der Waals surface area contributed by atoms with Crippen LogP contribution in [0.3, 0.4) is 0 Å². The molecule has 248 valence electrons. The Labute approximate surface area is 254 Å². The van der Waals surface area contributed by atoms with Crippen LogP contribution in [0.25, 0.3) is 0 Å². The summed E-state index contributed by atoms with van der Waals surface area (Å²) in [7, 11) is -4.75. The minimum absolute atomic E-state index is 0.0239. The molecular formula is C31H60NO9P. The van der Waals surface area contributed by atoms with Crippen molar-refractivity contribution in [1.82, 2.24) is 5.32 Å². The Balaban J connectivity index is 3.97. The highest BCUT2D eigenvalue weighted by atomic mass is 31.2. The van der Waals surface area contributed by atoms with Gasteiger partial charge in [-0.25, -0.2) is 4.57 Å². The van der Waals surface area contributed by atoms with Gasteiger partial charge in [-0.3, -0.25) is 18.9 Å². The molecule has 0 aromatic rings. The third kappa shape index (κ3) is 31.5. The van der Waals surface area contributed by atoms with Gasteiger partial charge in [-0.1, -0.05) is 116 Å². The van der Waals surface area contributed by atoms with E-state index in [4.69, 9.17) is 19.3 Å². The molecule has 0 fully saturated rings. The van der Waals surface area contributed by atoms with E-state index in [9.17, 15) is 18.9 Å². The maximum atomic E-state index is 12.3. The molecule has 3 N–H and O–H groups in total. The number of hydrogen-bond donors (Lipinski definition) is 3. The second-order valence-corrected chi connectivity index (χ2v) is 12.5. The molecule has 0 aliphatic rings. The highest BCUT2D eigenvalue weighted by Crippen LogP contribution is 2.35. The predicted molar refractivity (Wildman–Crippen MR) is 165 cm³/mol. The lowest BCUT2D eigenvalue weighted by molar-refractivity contribution is -0.161. The first-order valence-corrected chi connectivity index (χ1v) is 18.0. The molecule has 11 heteroatoms. The Morgan fingerprint density at radius 2 is 1.07 bits per heavy atom. The summed E-state index contributed by atoms with van der Waals surface area (Å²) in [5.74, 6) is -0.896. The van der Waals surface area contributed by atoms with Crippen molar-refractivity contribution in [2.45, 2.75) is 161 Å². The van der Waals surface area contributed by atoms with Gasteiger partial charge in [0.05, 0.1) is 6.61 Å². The van der Waals surface area contributed by atoms with Crippen molar-refractivity contribution < 1.29 is 42.7 Å². The van der Waals surface area contributed by atoms with E-state index in [1.807, 2.05) is 0 Å². The number of phosphoric acid groups is 1. The van der Waals surface area contributed by atoms with Gasteiger partial charge in [0.25, 0.3) is 0 Å². The Kier molecular flexibility index (Phi) is 27.3. The molecule has 42 heavy (non-hydrogen) atoms. The van der Waals surface area contributed by atoms with Gasteiger partial charge in [-0.15, -0.1) is 0 Å². The number of carbonyl (C=O) groups is 3. The molecule has 0 saturated carbocycles. The smallest absolute Gasteiger partial charge is 0.462 e. The van der Waals surface area contributed by atoms with Crippen LogP contribution in [0, 0.1) is 0 Å². The lowest BCUT2D eigenvalue weighted by atomic mass is 10.1. The topological polar surface area (TPSA) is 148 Å². The molecule has 0 bridgehead atoms. The van der Waals surface area contributed by atoms with E-state index >= 15 is 0 Å². The summed E-state index contributed by atoms with van der Waals surface area (Å²) in [4.78, 5) is 53.2. The Morgan fingerprint density at radius 1 is 0.643 bits per heavy atom. The molecular weight excluding hydrogens is 561 g/mol. The highest BCUT2D eigenvalue weighted by molar-refractivity contribution is 7.46. The predicted octanol–water partition coefficient (Wildman–Crippen LogP) is 7.29. The summed E-state index contributed by atoms with van der Waals surface area (Å²) >= 11 is 0. The van der Waals surface area contributed by atoms with Crippen molar-refractivity contribution in [3.63, 3.8) is 0 Å². The third-order valence-electron chi connectivity index (χ3n) is 7.07. The number of amides is 1. The molecule has 0 saturated heterocycles. The Morgan fingerprint density at radius 3 is 1.52 bits per heavy atom. The van der Waals surface area contributed by atoms with E-state index < -0.39 is 32.5 Å². The number of unbranched alkanes of at least 4 members (excludes halogenated alkanes) is 18. The van der Waals surface area contributed by atoms with Crippen molar-refractivity contribution in [3.05, 3.63) is 0 Å². The second-order valence-electron chi connectivity index (χ2n) is 11.3. The molecule has 1 atom stereocenters. The minimum atomic E-state index is -4.75. The maximum absolute atomic E-state index is 12.3. The lowest BCUT2D eigenvalue weighted by Gasteiger charge is -2.18. The van der Waals surface area contributed by atoms with E-state index in [2.05, 4.69) is 16.8 Å². The van der Waals surface area contributed by atoms with Crippen LogP contribution in [-0.4, -0.2) is 53.5 Å². The normalized spacial score (nSPS) is 12.2. The van der Waals surface area contributed by atoms with E-state index in [1.54, 1.807) is 0 Å². The van der Waals surface area contributed by atoms with Crippen molar-refractivity contribution in [1.29, 1.82) is 0 Å². The van der Waals surface area contributed by atoms with Crippen LogP contribution >= 0.6 is 7.82 Å². The standard InChI is InChI=1S/C31H60NO9P/c1-3-4-5-6-7-8-11-15-18-21-24-31(35)41-29(27-40-42(36,37)38)26-39-30(34)23-20-17-14-12-9-10-13-16-19-22-25-32-28(2)33/h29H,3-27H2,1-2H3,(H,32,33)(H2,36,37,38)/t29-/m0/s1. The van der Waals surface area contributed by atoms with Crippen LogP contribution in [0.5, 0.6) is 0 Å². The van der Waals surface area contributed by atoms with Gasteiger partial charge in [-0.05, 0) is 19.3 Å². The number of carbonyl (C=O) groups excluding carboxylic acids is 3. The van der Waals surface area contributed by atoms with Crippen LogP contribution in [-0.2, 0) is 32.9 Å². The molecule has 10 nitrogen and oxygen atoms in total. The molecule has 0 rings (SSSR count). The zero-order valence-electron chi connectivity index (χ0n) is 26.5. The van der Waals surface area contributed by atoms with Crippen molar-refractivity contribution >= 4 is 25.7 Å². The molecule has 0 heterocycles. The average Bonchev–Trinajstić information content (AvgIpc) is 2.93. The number of phosphoric ester groups is 1. The van der Waals surface area contributed by atoms with Crippen LogP contribution in [0.1, 0.15) is 155 Å². The largest absolute Gasteiger partial charge is 0.469 e. The lowest BCUT2D eigenvalue weighted by Crippen LogP contribution is -2.29. The number of ether oxygens (including phenoxy) is 2. The first-order chi connectivity index (χ1) is 20.1. The zero-order chi connectivity index (χ0) is 31.3. The minimum Gasteiger partial charge on any atom is -0.462 e. The highest BCUT2D eigenvalue weighted by Gasteiger charge is 2.22. The summed E-state index contributed by atoms with van der Waals surface area (Å²) < 4.78 is 26.1. The number of hydrogen-bond acceptors (Lipinski definition) is 7. The molecule has 0 unspecified atom stereocenters. The van der Waals surface area contributed by atoms with Crippen LogP contribution in [0.2, 0.25) is 0 Å². The Hall–Kier alpha value is -1.48. The van der Waals surface area contributed by atoms with Crippen LogP contribution in [0.4, 0.5) is 0 Å². The number of nitrogens with one attached hydrogen (secondary N) is 1. The van der Waals surface area contributed by atoms with Gasteiger partial charge in [0.2, 0.25) is 5.91 Å². The summed E-state index contributed by atoms with van der Waals surface area (Å²) in [6, 6.07) is 0. The van der Waals surface area contributed by atoms with Gasteiger partial charge in [-0.2, -0.15) is 0 Å². The number of rotatable bonds is 30. The van der Waals surface area contributed by atoms with Crippen LogP contribution in [0.15, 0.2) is 0 Å². The van der Waals surface area contributed by atoms with Crippen molar-refractivity contribution in [2.24, 2.45) is 0 Å². The fraction of sp³-hybridized carbons (Fsp3) is 0.903. The summed E-state index contributed by atoms with van der Waals surface area (Å²) in [5.41, 5.74) is 0. The maximum Gasteiger partial charge on any atom is 0.469 e. The fourth-order valence-corrected chi connectivity index (χ4v) is 4.99. The molecule has 0 aliphatic carbocycles. The molecule has 1 amide bonds. The summed E-state index contributed by atoms with van der Waals surface area (Å²) in [6.07, 6.45) is 21.5. The molecule has 0 aromatic heterocycles. The molecule has 0 spiro atoms.